The van der Waals surface area contributed by atoms with E-state index in [0.29, 0.717) is 10.9 Å². The standard InChI is InChI=1S/C14H10F3NO2/c15-11-2-6-1-7(14(19)20)5-18-12(6)4-9(11)8-3-10(8)13(16)17/h1-2,4-5,8,10,13H,3H2,(H,19,20). The molecular weight excluding hydrogens is 271 g/mol. The maximum atomic E-state index is 14.0. The van der Waals surface area contributed by atoms with Gasteiger partial charge in [-0.25, -0.2) is 18.0 Å². The normalized spacial score (nSPS) is 21.4. The molecule has 2 atom stereocenters. The minimum atomic E-state index is -2.45. The van der Waals surface area contributed by atoms with Crippen molar-refractivity contribution >= 4 is 16.9 Å². The molecule has 1 saturated carbocycles. The quantitative estimate of drug-likeness (QED) is 0.937. The maximum Gasteiger partial charge on any atom is 0.337 e. The molecule has 0 bridgehead atoms. The number of carboxylic acids is 1. The molecule has 1 heterocycles. The Balaban J connectivity index is 2.03. The zero-order valence-corrected chi connectivity index (χ0v) is 10.2. The Morgan fingerprint density at radius 1 is 1.35 bits per heavy atom. The molecule has 1 aliphatic carbocycles. The van der Waals surface area contributed by atoms with Gasteiger partial charge in [0.05, 0.1) is 11.1 Å². The fraction of sp³-hybridized carbons (Fsp3) is 0.286. The van der Waals surface area contributed by atoms with Crippen LogP contribution in [0.15, 0.2) is 24.4 Å². The van der Waals surface area contributed by atoms with Crippen LogP contribution < -0.4 is 0 Å². The van der Waals surface area contributed by atoms with E-state index in [1.807, 2.05) is 0 Å². The summed E-state index contributed by atoms with van der Waals surface area (Å²) in [6.07, 6.45) is -1.01. The number of hydrogen-bond acceptors (Lipinski definition) is 2. The van der Waals surface area contributed by atoms with Gasteiger partial charge in [0, 0.05) is 17.5 Å². The number of alkyl halides is 2. The molecule has 3 nitrogen and oxygen atoms in total. The van der Waals surface area contributed by atoms with Crippen LogP contribution in [0.1, 0.15) is 28.3 Å². The topological polar surface area (TPSA) is 50.2 Å². The van der Waals surface area contributed by atoms with E-state index < -0.39 is 30.0 Å². The lowest BCUT2D eigenvalue weighted by Gasteiger charge is -2.06. The van der Waals surface area contributed by atoms with Gasteiger partial charge in [-0.05, 0) is 36.1 Å². The molecule has 6 heteroatoms. The van der Waals surface area contributed by atoms with E-state index in [0.717, 1.165) is 6.07 Å². The first-order chi connectivity index (χ1) is 9.47. The van der Waals surface area contributed by atoms with Crippen LogP contribution in [-0.4, -0.2) is 22.5 Å². The molecule has 1 N–H and O–H groups in total. The summed E-state index contributed by atoms with van der Waals surface area (Å²) >= 11 is 0. The molecule has 1 fully saturated rings. The maximum absolute atomic E-state index is 14.0. The SMILES string of the molecule is O=C(O)c1cnc2cc(C3CC3C(F)F)c(F)cc2c1. The Labute approximate surface area is 112 Å². The summed E-state index contributed by atoms with van der Waals surface area (Å²) in [4.78, 5) is 14.8. The van der Waals surface area contributed by atoms with Crippen molar-refractivity contribution in [3.8, 4) is 0 Å². The number of aromatic carboxylic acids is 1. The molecule has 104 valence electrons. The Hall–Kier alpha value is -2.11. The number of nitrogens with zero attached hydrogens (tertiary/aromatic N) is 1. The van der Waals surface area contributed by atoms with Crippen molar-refractivity contribution in [1.82, 2.24) is 4.98 Å². The number of hydrogen-bond donors (Lipinski definition) is 1. The third kappa shape index (κ3) is 2.11. The highest BCUT2D eigenvalue weighted by molar-refractivity contribution is 5.92. The summed E-state index contributed by atoms with van der Waals surface area (Å²) in [6, 6.07) is 3.91. The number of aromatic nitrogens is 1. The monoisotopic (exact) mass is 281 g/mol. The highest BCUT2D eigenvalue weighted by Crippen LogP contribution is 2.51. The van der Waals surface area contributed by atoms with Gasteiger partial charge in [-0.1, -0.05) is 0 Å². The molecule has 2 aromatic rings. The van der Waals surface area contributed by atoms with Gasteiger partial charge in [-0.15, -0.1) is 0 Å². The summed E-state index contributed by atoms with van der Waals surface area (Å²) in [5.41, 5.74) is 0.603. The van der Waals surface area contributed by atoms with Crippen LogP contribution in [-0.2, 0) is 0 Å². The smallest absolute Gasteiger partial charge is 0.337 e. The Morgan fingerprint density at radius 3 is 2.70 bits per heavy atom. The molecule has 0 saturated heterocycles. The predicted octanol–water partition coefficient (Wildman–Crippen LogP) is 3.44. The number of carbonyl (C=O) groups is 1. The van der Waals surface area contributed by atoms with Crippen LogP contribution in [0, 0.1) is 11.7 Å². The van der Waals surface area contributed by atoms with Gasteiger partial charge in [-0.3, -0.25) is 4.98 Å². The highest BCUT2D eigenvalue weighted by Gasteiger charge is 2.46. The summed E-state index contributed by atoms with van der Waals surface area (Å²) in [5.74, 6) is -3.00. The molecular formula is C14H10F3NO2. The van der Waals surface area contributed by atoms with Crippen molar-refractivity contribution in [2.45, 2.75) is 18.8 Å². The van der Waals surface area contributed by atoms with E-state index in [4.69, 9.17) is 5.11 Å². The first-order valence-electron chi connectivity index (χ1n) is 6.08. The number of benzene rings is 1. The summed E-state index contributed by atoms with van der Waals surface area (Å²) in [7, 11) is 0. The average Bonchev–Trinajstić information content (AvgIpc) is 3.17. The number of fused-ring (bicyclic) bond motifs is 1. The zero-order chi connectivity index (χ0) is 14.4. The van der Waals surface area contributed by atoms with Gasteiger partial charge in [0.2, 0.25) is 6.43 Å². The van der Waals surface area contributed by atoms with Crippen LogP contribution in [0.4, 0.5) is 13.2 Å². The number of halogens is 3. The third-order valence-electron chi connectivity index (χ3n) is 3.61. The number of pyridine rings is 1. The van der Waals surface area contributed by atoms with Crippen LogP contribution in [0.5, 0.6) is 0 Å². The minimum Gasteiger partial charge on any atom is -0.478 e. The first-order valence-corrected chi connectivity index (χ1v) is 6.08. The molecule has 0 aliphatic heterocycles. The molecule has 0 amide bonds. The van der Waals surface area contributed by atoms with Crippen molar-refractivity contribution in [3.05, 3.63) is 41.3 Å². The summed E-state index contributed by atoms with van der Waals surface area (Å²) in [6.45, 7) is 0. The Kier molecular flexibility index (Phi) is 2.88. The van der Waals surface area contributed by atoms with Crippen LogP contribution in [0.2, 0.25) is 0 Å². The second-order valence-electron chi connectivity index (χ2n) is 4.94. The van der Waals surface area contributed by atoms with Crippen molar-refractivity contribution in [2.24, 2.45) is 5.92 Å². The second-order valence-corrected chi connectivity index (χ2v) is 4.94. The van der Waals surface area contributed by atoms with E-state index in [1.165, 1.54) is 18.3 Å². The lowest BCUT2D eigenvalue weighted by molar-refractivity contribution is 0.0696. The Bertz CT molecular complexity index is 702. The average molecular weight is 281 g/mol. The third-order valence-corrected chi connectivity index (χ3v) is 3.61. The van der Waals surface area contributed by atoms with Gasteiger partial charge in [-0.2, -0.15) is 0 Å². The largest absolute Gasteiger partial charge is 0.478 e. The van der Waals surface area contributed by atoms with Crippen molar-refractivity contribution in [3.63, 3.8) is 0 Å². The molecule has 0 spiro atoms. The van der Waals surface area contributed by atoms with Gasteiger partial charge < -0.3 is 5.11 Å². The summed E-state index contributed by atoms with van der Waals surface area (Å²) in [5, 5.41) is 9.19. The van der Waals surface area contributed by atoms with Gasteiger partial charge in [0.1, 0.15) is 5.82 Å². The molecule has 1 aromatic carbocycles. The molecule has 20 heavy (non-hydrogen) atoms. The molecule has 2 unspecified atom stereocenters. The molecule has 1 aromatic heterocycles. The fourth-order valence-corrected chi connectivity index (χ4v) is 2.42. The number of carboxylic acid groups (broad SMARTS) is 1. The van der Waals surface area contributed by atoms with Crippen LogP contribution >= 0.6 is 0 Å². The van der Waals surface area contributed by atoms with Crippen molar-refractivity contribution < 1.29 is 23.1 Å². The molecule has 3 rings (SSSR count). The minimum absolute atomic E-state index is 0.0403. The van der Waals surface area contributed by atoms with E-state index >= 15 is 0 Å². The molecule has 1 aliphatic rings. The van der Waals surface area contributed by atoms with Crippen LogP contribution in [0.25, 0.3) is 10.9 Å². The summed E-state index contributed by atoms with van der Waals surface area (Å²) < 4.78 is 39.0. The van der Waals surface area contributed by atoms with Gasteiger partial charge in [0.15, 0.2) is 0 Å². The zero-order valence-electron chi connectivity index (χ0n) is 10.2. The van der Waals surface area contributed by atoms with Gasteiger partial charge >= 0.3 is 5.97 Å². The van der Waals surface area contributed by atoms with E-state index in [1.54, 1.807) is 0 Å². The Morgan fingerprint density at radius 2 is 2.10 bits per heavy atom. The molecule has 0 radical (unpaired) electrons. The lowest BCUT2D eigenvalue weighted by Crippen LogP contribution is -2.00. The second kappa shape index (κ2) is 4.47. The number of rotatable bonds is 3. The van der Waals surface area contributed by atoms with E-state index in [-0.39, 0.29) is 17.5 Å². The fourth-order valence-electron chi connectivity index (χ4n) is 2.42. The van der Waals surface area contributed by atoms with Gasteiger partial charge in [0.25, 0.3) is 0 Å². The van der Waals surface area contributed by atoms with Crippen LogP contribution in [0.3, 0.4) is 0 Å². The first kappa shape index (κ1) is 12.9. The predicted molar refractivity (Wildman–Crippen MR) is 65.5 cm³/mol. The van der Waals surface area contributed by atoms with Crippen molar-refractivity contribution in [1.29, 1.82) is 0 Å². The van der Waals surface area contributed by atoms with Crippen molar-refractivity contribution in [2.75, 3.05) is 0 Å². The lowest BCUT2D eigenvalue weighted by atomic mass is 10.0. The highest BCUT2D eigenvalue weighted by atomic mass is 19.3. The van der Waals surface area contributed by atoms with E-state index in [9.17, 15) is 18.0 Å². The van der Waals surface area contributed by atoms with E-state index in [2.05, 4.69) is 4.98 Å².